The van der Waals surface area contributed by atoms with E-state index in [9.17, 15) is 9.59 Å². The van der Waals surface area contributed by atoms with Gasteiger partial charge in [-0.2, -0.15) is 4.98 Å². The maximum atomic E-state index is 12.5. The fraction of sp³-hybridized carbons (Fsp3) is 0.238. The van der Waals surface area contributed by atoms with Gasteiger partial charge in [0, 0.05) is 6.07 Å². The molecule has 8 nitrogen and oxygen atoms in total. The molecule has 0 saturated heterocycles. The first kappa shape index (κ1) is 20.0. The number of aromatic amines is 1. The molecule has 1 N–H and O–H groups in total. The minimum atomic E-state index is -0.406. The van der Waals surface area contributed by atoms with Crippen LogP contribution in [0.2, 0.25) is 0 Å². The summed E-state index contributed by atoms with van der Waals surface area (Å²) in [7, 11) is 0. The molecule has 0 unspecified atom stereocenters. The zero-order chi connectivity index (χ0) is 21.1. The van der Waals surface area contributed by atoms with E-state index in [-0.39, 0.29) is 17.2 Å². The van der Waals surface area contributed by atoms with Gasteiger partial charge in [-0.25, -0.2) is 9.50 Å². The molecule has 0 fully saturated rings. The summed E-state index contributed by atoms with van der Waals surface area (Å²) < 4.78 is 12.4. The molecule has 3 aromatic heterocycles. The topological polar surface area (TPSA) is 102 Å². The molecule has 9 heteroatoms. The predicted molar refractivity (Wildman–Crippen MR) is 113 cm³/mol. The highest BCUT2D eigenvalue weighted by Gasteiger charge is 2.17. The number of carbonyl (C=O) groups excluding carboxylic acids is 1. The summed E-state index contributed by atoms with van der Waals surface area (Å²) in [5, 5.41) is 3.04. The number of aromatic nitrogens is 4. The van der Waals surface area contributed by atoms with Crippen LogP contribution in [0.15, 0.2) is 63.1 Å². The van der Waals surface area contributed by atoms with E-state index in [2.05, 4.69) is 28.9 Å². The van der Waals surface area contributed by atoms with Gasteiger partial charge in [-0.05, 0) is 36.1 Å². The highest BCUT2D eigenvalue weighted by molar-refractivity contribution is 7.99. The number of hydrogen-bond acceptors (Lipinski definition) is 7. The van der Waals surface area contributed by atoms with Crippen molar-refractivity contribution in [1.29, 1.82) is 0 Å². The highest BCUT2D eigenvalue weighted by Crippen LogP contribution is 2.29. The van der Waals surface area contributed by atoms with Crippen LogP contribution in [-0.4, -0.2) is 31.3 Å². The van der Waals surface area contributed by atoms with Gasteiger partial charge in [-0.3, -0.25) is 14.7 Å². The van der Waals surface area contributed by atoms with E-state index in [0.717, 1.165) is 23.7 Å². The highest BCUT2D eigenvalue weighted by atomic mass is 32.2. The van der Waals surface area contributed by atoms with Crippen molar-refractivity contribution in [2.75, 3.05) is 5.75 Å². The third-order valence-electron chi connectivity index (χ3n) is 4.67. The van der Waals surface area contributed by atoms with E-state index in [0.29, 0.717) is 28.1 Å². The summed E-state index contributed by atoms with van der Waals surface area (Å²) in [6.07, 6.45) is 2.46. The molecular formula is C21H20N4O4S. The number of fused-ring (bicyclic) bond motifs is 1. The standard InChI is InChI=1S/C21H20N4O4S/c1-3-13(2)14-7-4-5-8-15(14)29-19(27)12-30-21-23-20(16-9-6-10-28-16)22-17-11-18(26)24-25(17)21/h4-11,13H,3,12H2,1-2H3,(H,24,26)/t13-/m0/s1. The average Bonchev–Trinajstić information content (AvgIpc) is 3.40. The van der Waals surface area contributed by atoms with E-state index >= 15 is 0 Å². The summed E-state index contributed by atoms with van der Waals surface area (Å²) in [4.78, 5) is 33.1. The van der Waals surface area contributed by atoms with Crippen LogP contribution in [-0.2, 0) is 4.79 Å². The maximum Gasteiger partial charge on any atom is 0.321 e. The summed E-state index contributed by atoms with van der Waals surface area (Å²) in [5.74, 6) is 1.25. The van der Waals surface area contributed by atoms with Gasteiger partial charge in [-0.1, -0.05) is 43.8 Å². The number of thioether (sulfide) groups is 1. The van der Waals surface area contributed by atoms with Crippen LogP contribution in [0.4, 0.5) is 0 Å². The molecule has 4 aromatic rings. The largest absolute Gasteiger partial charge is 0.461 e. The van der Waals surface area contributed by atoms with E-state index in [1.54, 1.807) is 18.2 Å². The molecule has 0 aliphatic rings. The van der Waals surface area contributed by atoms with Crippen LogP contribution in [0.1, 0.15) is 31.7 Å². The number of hydrogen-bond donors (Lipinski definition) is 1. The fourth-order valence-electron chi connectivity index (χ4n) is 2.97. The lowest BCUT2D eigenvalue weighted by Gasteiger charge is -2.14. The van der Waals surface area contributed by atoms with E-state index in [1.165, 1.54) is 16.8 Å². The molecule has 30 heavy (non-hydrogen) atoms. The van der Waals surface area contributed by atoms with Gasteiger partial charge in [0.25, 0.3) is 5.56 Å². The van der Waals surface area contributed by atoms with E-state index < -0.39 is 5.97 Å². The Balaban J connectivity index is 1.55. The second kappa shape index (κ2) is 8.58. The van der Waals surface area contributed by atoms with Crippen molar-refractivity contribution >= 4 is 23.4 Å². The maximum absolute atomic E-state index is 12.5. The van der Waals surface area contributed by atoms with Crippen molar-refractivity contribution in [2.45, 2.75) is 31.3 Å². The number of benzene rings is 1. The Morgan fingerprint density at radius 3 is 2.87 bits per heavy atom. The normalized spacial score (nSPS) is 12.2. The molecule has 3 heterocycles. The molecular weight excluding hydrogens is 404 g/mol. The number of nitrogens with zero attached hydrogens (tertiary/aromatic N) is 3. The first-order valence-electron chi connectivity index (χ1n) is 9.51. The number of para-hydroxylation sites is 1. The van der Waals surface area contributed by atoms with Gasteiger partial charge in [0.1, 0.15) is 5.75 Å². The summed E-state index contributed by atoms with van der Waals surface area (Å²) in [6, 6.07) is 12.4. The Bertz CT molecular complexity index is 1230. The third kappa shape index (κ3) is 4.16. The SMILES string of the molecule is CC[C@H](C)c1ccccc1OC(=O)CSc1nc(-c2ccco2)nc2cc(=O)[nH]n12. The predicted octanol–water partition coefficient (Wildman–Crippen LogP) is 3.89. The molecule has 154 valence electrons. The average molecular weight is 424 g/mol. The minimum absolute atomic E-state index is 0.0127. The van der Waals surface area contributed by atoms with Crippen molar-refractivity contribution in [3.63, 3.8) is 0 Å². The molecule has 0 aliphatic carbocycles. The zero-order valence-corrected chi connectivity index (χ0v) is 17.3. The van der Waals surface area contributed by atoms with Gasteiger partial charge in [0.05, 0.1) is 12.0 Å². The van der Waals surface area contributed by atoms with Crippen molar-refractivity contribution in [1.82, 2.24) is 19.6 Å². The van der Waals surface area contributed by atoms with Gasteiger partial charge in [0.15, 0.2) is 22.4 Å². The molecule has 0 amide bonds. The van der Waals surface area contributed by atoms with Crippen LogP contribution < -0.4 is 10.3 Å². The quantitative estimate of drug-likeness (QED) is 0.273. The van der Waals surface area contributed by atoms with Crippen molar-refractivity contribution in [3.8, 4) is 17.3 Å². The Morgan fingerprint density at radius 1 is 1.27 bits per heavy atom. The second-order valence-corrected chi connectivity index (χ2v) is 7.67. The number of rotatable bonds is 7. The lowest BCUT2D eigenvalue weighted by Crippen LogP contribution is -2.14. The van der Waals surface area contributed by atoms with Gasteiger partial charge in [0.2, 0.25) is 0 Å². The second-order valence-electron chi connectivity index (χ2n) is 6.73. The Kier molecular flexibility index (Phi) is 5.71. The number of furan rings is 1. The molecule has 4 rings (SSSR count). The van der Waals surface area contributed by atoms with Crippen LogP contribution in [0.5, 0.6) is 5.75 Å². The smallest absolute Gasteiger partial charge is 0.321 e. The van der Waals surface area contributed by atoms with E-state index in [1.807, 2.05) is 18.2 Å². The number of ether oxygens (including phenoxy) is 1. The minimum Gasteiger partial charge on any atom is -0.461 e. The molecule has 1 atom stereocenters. The number of H-pyrrole nitrogens is 1. The summed E-state index contributed by atoms with van der Waals surface area (Å²) >= 11 is 1.15. The number of carbonyl (C=O) groups is 1. The Hall–Kier alpha value is -3.33. The number of nitrogens with one attached hydrogen (secondary N) is 1. The van der Waals surface area contributed by atoms with Crippen molar-refractivity contribution in [3.05, 3.63) is 64.6 Å². The molecule has 0 saturated carbocycles. The first-order chi connectivity index (χ1) is 14.5. The summed E-state index contributed by atoms with van der Waals surface area (Å²) in [6.45, 7) is 4.19. The van der Waals surface area contributed by atoms with Crippen LogP contribution in [0, 0.1) is 0 Å². The lowest BCUT2D eigenvalue weighted by atomic mass is 9.98. The molecule has 1 aromatic carbocycles. The Labute approximate surface area is 176 Å². The number of esters is 1. The van der Waals surface area contributed by atoms with Crippen LogP contribution >= 0.6 is 11.8 Å². The van der Waals surface area contributed by atoms with Crippen LogP contribution in [0.25, 0.3) is 17.2 Å². The van der Waals surface area contributed by atoms with Gasteiger partial charge < -0.3 is 9.15 Å². The fourth-order valence-corrected chi connectivity index (χ4v) is 3.70. The van der Waals surface area contributed by atoms with Gasteiger partial charge in [-0.15, -0.1) is 0 Å². The third-order valence-corrected chi connectivity index (χ3v) is 5.58. The van der Waals surface area contributed by atoms with Gasteiger partial charge >= 0.3 is 5.97 Å². The monoisotopic (exact) mass is 424 g/mol. The summed E-state index contributed by atoms with van der Waals surface area (Å²) in [5.41, 5.74) is 1.07. The molecule has 0 aliphatic heterocycles. The van der Waals surface area contributed by atoms with Crippen LogP contribution in [0.3, 0.4) is 0 Å². The molecule has 0 bridgehead atoms. The lowest BCUT2D eigenvalue weighted by molar-refractivity contribution is -0.131. The van der Waals surface area contributed by atoms with Crippen molar-refractivity contribution in [2.24, 2.45) is 0 Å². The first-order valence-corrected chi connectivity index (χ1v) is 10.5. The molecule has 0 radical (unpaired) electrons. The Morgan fingerprint density at radius 2 is 2.10 bits per heavy atom. The zero-order valence-electron chi connectivity index (χ0n) is 16.5. The van der Waals surface area contributed by atoms with Crippen molar-refractivity contribution < 1.29 is 13.9 Å². The van der Waals surface area contributed by atoms with E-state index in [4.69, 9.17) is 9.15 Å². The molecule has 0 spiro atoms.